The average Bonchev–Trinajstić information content (AvgIpc) is 2.86. The number of aryl methyl sites for hydroxylation is 2. The molecule has 0 radical (unpaired) electrons. The van der Waals surface area contributed by atoms with Gasteiger partial charge in [0.15, 0.2) is 0 Å². The lowest BCUT2D eigenvalue weighted by atomic mass is 10.0. The van der Waals surface area contributed by atoms with Crippen LogP contribution in [-0.4, -0.2) is 25.7 Å². The van der Waals surface area contributed by atoms with E-state index < -0.39 is 0 Å². The molecule has 0 atom stereocenters. The van der Waals surface area contributed by atoms with Gasteiger partial charge >= 0.3 is 5.97 Å². The topological polar surface area (TPSA) is 38.8 Å². The second-order valence-electron chi connectivity index (χ2n) is 8.64. The normalized spacial score (nSPS) is 12.8. The number of carbonyl (C=O) groups is 1. The lowest BCUT2D eigenvalue weighted by Gasteiger charge is -2.31. The number of hydrogen-bond donors (Lipinski definition) is 0. The lowest BCUT2D eigenvalue weighted by Crippen LogP contribution is -2.31. The van der Waals surface area contributed by atoms with E-state index in [1.807, 2.05) is 18.2 Å². The lowest BCUT2D eigenvalue weighted by molar-refractivity contribution is -0.143. The first-order valence-corrected chi connectivity index (χ1v) is 12.1. The van der Waals surface area contributed by atoms with Crippen molar-refractivity contribution in [3.05, 3.63) is 94.8 Å². The highest BCUT2D eigenvalue weighted by atomic mass is 19.1. The molecule has 4 rings (SSSR count). The molecule has 4 nitrogen and oxygen atoms in total. The predicted molar refractivity (Wildman–Crippen MR) is 133 cm³/mol. The summed E-state index contributed by atoms with van der Waals surface area (Å²) in [6, 6.07) is 21.9. The second kappa shape index (κ2) is 11.7. The summed E-state index contributed by atoms with van der Waals surface area (Å²) in [5.74, 6) is 0.166. The summed E-state index contributed by atoms with van der Waals surface area (Å²) in [5, 5.41) is 0. The summed E-state index contributed by atoms with van der Waals surface area (Å²) >= 11 is 0. The molecule has 1 aliphatic rings. The first kappa shape index (κ1) is 23.8. The van der Waals surface area contributed by atoms with Crippen molar-refractivity contribution in [3.63, 3.8) is 0 Å². The molecule has 34 heavy (non-hydrogen) atoms. The van der Waals surface area contributed by atoms with Gasteiger partial charge in [-0.1, -0.05) is 48.5 Å². The minimum atomic E-state index is -0.317. The van der Waals surface area contributed by atoms with Crippen molar-refractivity contribution in [3.8, 4) is 5.75 Å². The van der Waals surface area contributed by atoms with Gasteiger partial charge in [-0.3, -0.25) is 4.79 Å². The van der Waals surface area contributed by atoms with E-state index in [9.17, 15) is 9.18 Å². The maximum absolute atomic E-state index is 14.5. The van der Waals surface area contributed by atoms with Crippen molar-refractivity contribution in [2.24, 2.45) is 0 Å². The van der Waals surface area contributed by atoms with Gasteiger partial charge in [-0.15, -0.1) is 0 Å². The third-order valence-corrected chi connectivity index (χ3v) is 6.21. The molecule has 0 aromatic heterocycles. The van der Waals surface area contributed by atoms with Crippen LogP contribution >= 0.6 is 0 Å². The quantitative estimate of drug-likeness (QED) is 0.353. The summed E-state index contributed by atoms with van der Waals surface area (Å²) in [7, 11) is 0. The molecule has 0 saturated heterocycles. The van der Waals surface area contributed by atoms with Gasteiger partial charge in [0.2, 0.25) is 0 Å². The van der Waals surface area contributed by atoms with Crippen molar-refractivity contribution in [2.45, 2.75) is 45.6 Å². The minimum Gasteiger partial charge on any atom is -0.489 e. The Hall–Kier alpha value is -3.34. The van der Waals surface area contributed by atoms with Crippen LogP contribution in [0, 0.1) is 5.82 Å². The molecule has 0 unspecified atom stereocenters. The van der Waals surface area contributed by atoms with E-state index in [1.165, 1.54) is 22.9 Å². The Kier molecular flexibility index (Phi) is 8.18. The van der Waals surface area contributed by atoms with E-state index in [1.54, 1.807) is 13.0 Å². The van der Waals surface area contributed by atoms with Crippen LogP contribution in [0.25, 0.3) is 0 Å². The average molecular weight is 462 g/mol. The maximum atomic E-state index is 14.5. The monoisotopic (exact) mass is 461 g/mol. The molecule has 3 aromatic carbocycles. The fourth-order valence-corrected chi connectivity index (χ4v) is 4.38. The Morgan fingerprint density at radius 2 is 1.85 bits per heavy atom. The van der Waals surface area contributed by atoms with Crippen LogP contribution in [0.15, 0.2) is 66.7 Å². The molecular formula is C29H32FNO3. The number of rotatable bonds is 10. The third-order valence-electron chi connectivity index (χ3n) is 6.21. The van der Waals surface area contributed by atoms with E-state index in [0.717, 1.165) is 43.7 Å². The van der Waals surface area contributed by atoms with Crippen LogP contribution < -0.4 is 9.64 Å². The number of anilines is 1. The van der Waals surface area contributed by atoms with Crippen LogP contribution in [0.5, 0.6) is 5.75 Å². The SMILES string of the molecule is CCOC(=O)CCc1ccc(COc2ccc3c(c2)N(CCc2ccccc2)CCC3)cc1F. The summed E-state index contributed by atoms with van der Waals surface area (Å²) in [5.41, 5.74) is 5.20. The van der Waals surface area contributed by atoms with Crippen LogP contribution in [0.4, 0.5) is 10.1 Å². The van der Waals surface area contributed by atoms with E-state index >= 15 is 0 Å². The number of halogens is 1. The minimum absolute atomic E-state index is 0.177. The molecule has 0 bridgehead atoms. The second-order valence-corrected chi connectivity index (χ2v) is 8.64. The van der Waals surface area contributed by atoms with Gasteiger partial charge in [0.1, 0.15) is 18.2 Å². The zero-order valence-electron chi connectivity index (χ0n) is 19.8. The number of nitrogens with zero attached hydrogens (tertiary/aromatic N) is 1. The summed E-state index contributed by atoms with van der Waals surface area (Å²) in [4.78, 5) is 14.0. The van der Waals surface area contributed by atoms with Gasteiger partial charge < -0.3 is 14.4 Å². The van der Waals surface area contributed by atoms with Crippen molar-refractivity contribution < 1.29 is 18.7 Å². The smallest absolute Gasteiger partial charge is 0.306 e. The number of carbonyl (C=O) groups excluding carboxylic acids is 1. The Balaban J connectivity index is 1.36. The highest BCUT2D eigenvalue weighted by Crippen LogP contribution is 2.31. The van der Waals surface area contributed by atoms with Gasteiger partial charge in [0.05, 0.1) is 6.61 Å². The summed E-state index contributed by atoms with van der Waals surface area (Å²) in [6.45, 7) is 4.40. The van der Waals surface area contributed by atoms with E-state index in [0.29, 0.717) is 18.6 Å². The number of ether oxygens (including phenoxy) is 2. The highest BCUT2D eigenvalue weighted by Gasteiger charge is 2.17. The molecule has 0 N–H and O–H groups in total. The Labute approximate surface area is 201 Å². The van der Waals surface area contributed by atoms with Gasteiger partial charge in [0.25, 0.3) is 0 Å². The Bertz CT molecular complexity index is 1100. The fraction of sp³-hybridized carbons (Fsp3) is 0.345. The van der Waals surface area contributed by atoms with Crippen LogP contribution in [-0.2, 0) is 35.4 Å². The number of benzene rings is 3. The molecule has 0 amide bonds. The van der Waals surface area contributed by atoms with Crippen LogP contribution in [0.2, 0.25) is 0 Å². The number of esters is 1. The van der Waals surface area contributed by atoms with Crippen molar-refractivity contribution in [1.82, 2.24) is 0 Å². The first-order valence-electron chi connectivity index (χ1n) is 12.1. The molecule has 1 heterocycles. The van der Waals surface area contributed by atoms with Gasteiger partial charge in [0, 0.05) is 31.3 Å². The zero-order valence-corrected chi connectivity index (χ0v) is 19.8. The summed E-state index contributed by atoms with van der Waals surface area (Å²) < 4.78 is 25.4. The molecule has 178 valence electrons. The fourth-order valence-electron chi connectivity index (χ4n) is 4.38. The molecule has 3 aromatic rings. The largest absolute Gasteiger partial charge is 0.489 e. The van der Waals surface area contributed by atoms with E-state index in [2.05, 4.69) is 41.3 Å². The van der Waals surface area contributed by atoms with Gasteiger partial charge in [-0.25, -0.2) is 4.39 Å². The highest BCUT2D eigenvalue weighted by molar-refractivity contribution is 5.69. The molecular weight excluding hydrogens is 429 g/mol. The van der Waals surface area contributed by atoms with Crippen molar-refractivity contribution in [2.75, 3.05) is 24.6 Å². The Morgan fingerprint density at radius 1 is 1.00 bits per heavy atom. The standard InChI is InChI=1S/C29H32FNO3/c1-2-33-29(32)15-13-24-11-10-23(19-27(24)30)21-34-26-14-12-25-9-6-17-31(28(25)20-26)18-16-22-7-4-3-5-8-22/h3-5,7-8,10-12,14,19-20H,2,6,9,13,15-18,21H2,1H3. The first-order chi connectivity index (χ1) is 16.6. The maximum Gasteiger partial charge on any atom is 0.306 e. The van der Waals surface area contributed by atoms with E-state index in [-0.39, 0.29) is 24.8 Å². The van der Waals surface area contributed by atoms with E-state index in [4.69, 9.17) is 9.47 Å². The van der Waals surface area contributed by atoms with Crippen LogP contribution in [0.3, 0.4) is 0 Å². The molecule has 0 saturated carbocycles. The van der Waals surface area contributed by atoms with Crippen LogP contribution in [0.1, 0.15) is 42.0 Å². The number of fused-ring (bicyclic) bond motifs is 1. The van der Waals surface area contributed by atoms with Gasteiger partial charge in [-0.05, 0) is 67.0 Å². The number of hydrogen-bond acceptors (Lipinski definition) is 4. The Morgan fingerprint density at radius 3 is 2.65 bits per heavy atom. The third kappa shape index (κ3) is 6.37. The van der Waals surface area contributed by atoms with Gasteiger partial charge in [-0.2, -0.15) is 0 Å². The predicted octanol–water partition coefficient (Wildman–Crippen LogP) is 5.90. The molecule has 0 spiro atoms. The molecule has 0 fully saturated rings. The summed E-state index contributed by atoms with van der Waals surface area (Å²) in [6.07, 6.45) is 3.75. The van der Waals surface area contributed by atoms with Crippen molar-refractivity contribution in [1.29, 1.82) is 0 Å². The molecule has 1 aliphatic heterocycles. The molecule has 5 heteroatoms. The zero-order chi connectivity index (χ0) is 23.8. The van der Waals surface area contributed by atoms with Crippen molar-refractivity contribution >= 4 is 11.7 Å². The molecule has 0 aliphatic carbocycles.